The third kappa shape index (κ3) is 3.71. The topological polar surface area (TPSA) is 74.8 Å². The summed E-state index contributed by atoms with van der Waals surface area (Å²) in [6, 6.07) is 23.7. The molecule has 0 spiro atoms. The summed E-state index contributed by atoms with van der Waals surface area (Å²) < 4.78 is 0. The minimum atomic E-state index is -0.390. The Morgan fingerprint density at radius 1 is 0.513 bits per heavy atom. The van der Waals surface area contributed by atoms with Gasteiger partial charge >= 0.3 is 0 Å². The van der Waals surface area contributed by atoms with Crippen LogP contribution in [0, 0.1) is 13.8 Å². The van der Waals surface area contributed by atoms with E-state index in [2.05, 4.69) is 19.1 Å². The average molecular weight is 515 g/mol. The predicted molar refractivity (Wildman–Crippen MR) is 150 cm³/mol. The van der Waals surface area contributed by atoms with Gasteiger partial charge in [-0.25, -0.2) is 4.90 Å². The molecule has 192 valence electrons. The molecule has 2 aliphatic heterocycles. The molecule has 0 saturated carbocycles. The Morgan fingerprint density at radius 3 is 1.64 bits per heavy atom. The quantitative estimate of drug-likeness (QED) is 0.294. The van der Waals surface area contributed by atoms with E-state index in [-0.39, 0.29) is 23.8 Å². The Bertz CT molecular complexity index is 1750. The molecular weight excluding hydrogens is 488 g/mol. The molecule has 0 bridgehead atoms. The molecule has 0 radical (unpaired) electrons. The molecule has 2 heterocycles. The zero-order valence-electron chi connectivity index (χ0n) is 22.1. The third-order valence-corrected chi connectivity index (χ3v) is 7.56. The van der Waals surface area contributed by atoms with Gasteiger partial charge in [-0.3, -0.25) is 24.1 Å². The van der Waals surface area contributed by atoms with E-state index in [4.69, 9.17) is 0 Å². The number of amides is 4. The first kappa shape index (κ1) is 24.5. The third-order valence-electron chi connectivity index (χ3n) is 7.56. The second-order valence-corrected chi connectivity index (χ2v) is 10.4. The molecule has 2 aliphatic rings. The fourth-order valence-corrected chi connectivity index (χ4v) is 5.53. The second kappa shape index (κ2) is 8.88. The van der Waals surface area contributed by atoms with Gasteiger partial charge in [-0.1, -0.05) is 42.5 Å². The number of hydrogen-bond donors (Lipinski definition) is 0. The van der Waals surface area contributed by atoms with Crippen LogP contribution in [0.25, 0.3) is 22.3 Å². The van der Waals surface area contributed by atoms with Crippen LogP contribution in [0.3, 0.4) is 0 Å². The lowest BCUT2D eigenvalue weighted by molar-refractivity contribution is 0.0608. The standard InChI is InChI=1S/C33H26N2O4/c1-18(2)34-30(36)26-12-9-21(16-28(26)32(34)38)22-10-13-27-29(17-22)33(39)35(31(27)37)23-11-14-25(20(4)15-23)24-8-6-5-7-19(24)3/h5-18H,1-4H3. The highest BCUT2D eigenvalue weighted by Gasteiger charge is 2.39. The molecule has 6 heteroatoms. The van der Waals surface area contributed by atoms with E-state index in [1.807, 2.05) is 31.2 Å². The molecule has 0 aromatic heterocycles. The van der Waals surface area contributed by atoms with E-state index in [1.165, 1.54) is 9.80 Å². The largest absolute Gasteiger partial charge is 0.272 e. The fraction of sp³-hybridized carbons (Fsp3) is 0.152. The predicted octanol–water partition coefficient (Wildman–Crippen LogP) is 6.44. The first-order valence-electron chi connectivity index (χ1n) is 12.9. The highest BCUT2D eigenvalue weighted by molar-refractivity contribution is 6.34. The molecule has 0 N–H and O–H groups in total. The number of carbonyl (C=O) groups is 4. The minimum absolute atomic E-state index is 0.245. The van der Waals surface area contributed by atoms with Crippen LogP contribution < -0.4 is 4.90 Å². The van der Waals surface area contributed by atoms with Crippen molar-refractivity contribution >= 4 is 29.3 Å². The monoisotopic (exact) mass is 514 g/mol. The van der Waals surface area contributed by atoms with Crippen molar-refractivity contribution in [1.29, 1.82) is 0 Å². The van der Waals surface area contributed by atoms with Crippen molar-refractivity contribution in [1.82, 2.24) is 4.90 Å². The summed E-state index contributed by atoms with van der Waals surface area (Å²) in [7, 11) is 0. The first-order chi connectivity index (χ1) is 18.7. The summed E-state index contributed by atoms with van der Waals surface area (Å²) in [5.74, 6) is -1.38. The highest BCUT2D eigenvalue weighted by atomic mass is 16.2. The number of rotatable bonds is 4. The van der Waals surface area contributed by atoms with E-state index in [9.17, 15) is 19.2 Å². The lowest BCUT2D eigenvalue weighted by Gasteiger charge is -2.17. The van der Waals surface area contributed by atoms with Crippen molar-refractivity contribution in [2.45, 2.75) is 33.7 Å². The van der Waals surface area contributed by atoms with Gasteiger partial charge in [0.1, 0.15) is 0 Å². The number of hydrogen-bond acceptors (Lipinski definition) is 4. The van der Waals surface area contributed by atoms with Gasteiger partial charge in [0.05, 0.1) is 27.9 Å². The number of aryl methyl sites for hydroxylation is 2. The van der Waals surface area contributed by atoms with Crippen molar-refractivity contribution in [2.24, 2.45) is 0 Å². The van der Waals surface area contributed by atoms with Crippen LogP contribution in [-0.2, 0) is 0 Å². The van der Waals surface area contributed by atoms with Gasteiger partial charge in [0.2, 0.25) is 0 Å². The summed E-state index contributed by atoms with van der Waals surface area (Å²) >= 11 is 0. The van der Waals surface area contributed by atoms with Crippen molar-refractivity contribution in [3.05, 3.63) is 112 Å². The summed E-state index contributed by atoms with van der Waals surface area (Å²) in [5, 5.41) is 0. The maximum Gasteiger partial charge on any atom is 0.266 e. The lowest BCUT2D eigenvalue weighted by atomic mass is 9.96. The Hall–Kier alpha value is -4.84. The van der Waals surface area contributed by atoms with Crippen molar-refractivity contribution < 1.29 is 19.2 Å². The highest BCUT2D eigenvalue weighted by Crippen LogP contribution is 2.36. The number of fused-ring (bicyclic) bond motifs is 2. The van der Waals surface area contributed by atoms with E-state index >= 15 is 0 Å². The molecule has 4 aromatic carbocycles. The maximum atomic E-state index is 13.5. The first-order valence-corrected chi connectivity index (χ1v) is 12.9. The molecule has 0 saturated heterocycles. The summed E-state index contributed by atoms with van der Waals surface area (Å²) in [6.45, 7) is 7.63. The van der Waals surface area contributed by atoms with Crippen LogP contribution in [0.5, 0.6) is 0 Å². The number of benzene rings is 4. The van der Waals surface area contributed by atoms with Crippen molar-refractivity contribution in [3.8, 4) is 22.3 Å². The van der Waals surface area contributed by atoms with Gasteiger partial charge in [-0.2, -0.15) is 0 Å². The van der Waals surface area contributed by atoms with E-state index in [1.54, 1.807) is 56.3 Å². The van der Waals surface area contributed by atoms with Crippen LogP contribution in [0.2, 0.25) is 0 Å². The van der Waals surface area contributed by atoms with Gasteiger partial charge in [-0.05, 0) is 97.5 Å². The van der Waals surface area contributed by atoms with Crippen molar-refractivity contribution in [3.63, 3.8) is 0 Å². The zero-order valence-corrected chi connectivity index (χ0v) is 22.1. The van der Waals surface area contributed by atoms with Crippen LogP contribution >= 0.6 is 0 Å². The normalized spacial score (nSPS) is 14.5. The fourth-order valence-electron chi connectivity index (χ4n) is 5.53. The molecule has 6 rings (SSSR count). The molecule has 0 aliphatic carbocycles. The van der Waals surface area contributed by atoms with Gasteiger partial charge < -0.3 is 0 Å². The second-order valence-electron chi connectivity index (χ2n) is 10.4. The van der Waals surface area contributed by atoms with Gasteiger partial charge in [0.25, 0.3) is 23.6 Å². The summed E-state index contributed by atoms with van der Waals surface area (Å²) in [6.07, 6.45) is 0. The Labute approximate surface area is 226 Å². The molecule has 0 unspecified atom stereocenters. The molecule has 4 aromatic rings. The van der Waals surface area contributed by atoms with Gasteiger partial charge in [-0.15, -0.1) is 0 Å². The van der Waals surface area contributed by atoms with Crippen LogP contribution in [0.1, 0.15) is 66.4 Å². The average Bonchev–Trinajstić information content (AvgIpc) is 3.32. The van der Waals surface area contributed by atoms with Gasteiger partial charge in [0, 0.05) is 6.04 Å². The van der Waals surface area contributed by atoms with Crippen LogP contribution in [0.4, 0.5) is 5.69 Å². The Balaban J connectivity index is 1.34. The minimum Gasteiger partial charge on any atom is -0.272 e. The smallest absolute Gasteiger partial charge is 0.266 e. The zero-order chi connectivity index (χ0) is 27.6. The Kier molecular flexibility index (Phi) is 5.57. The molecule has 4 amide bonds. The van der Waals surface area contributed by atoms with E-state index in [0.29, 0.717) is 39.1 Å². The number of nitrogens with zero attached hydrogens (tertiary/aromatic N) is 2. The van der Waals surface area contributed by atoms with Crippen LogP contribution in [-0.4, -0.2) is 34.6 Å². The molecule has 0 atom stereocenters. The molecule has 39 heavy (non-hydrogen) atoms. The maximum absolute atomic E-state index is 13.5. The summed E-state index contributed by atoms with van der Waals surface area (Å²) in [5.41, 5.74) is 7.55. The lowest BCUT2D eigenvalue weighted by Crippen LogP contribution is -2.35. The van der Waals surface area contributed by atoms with Gasteiger partial charge in [0.15, 0.2) is 0 Å². The van der Waals surface area contributed by atoms with E-state index < -0.39 is 5.91 Å². The number of imide groups is 2. The summed E-state index contributed by atoms with van der Waals surface area (Å²) in [4.78, 5) is 54.8. The molecule has 6 nitrogen and oxygen atoms in total. The number of carbonyl (C=O) groups excluding carboxylic acids is 4. The SMILES string of the molecule is Cc1ccccc1-c1ccc(N2C(=O)c3ccc(-c4ccc5c(c4)C(=O)N(C(C)C)C5=O)cc3C2=O)cc1C. The Morgan fingerprint density at radius 2 is 1.03 bits per heavy atom. The van der Waals surface area contributed by atoms with Crippen molar-refractivity contribution in [2.75, 3.05) is 4.90 Å². The molecular formula is C33H26N2O4. The van der Waals surface area contributed by atoms with Crippen LogP contribution in [0.15, 0.2) is 78.9 Å². The number of anilines is 1. The van der Waals surface area contributed by atoms with E-state index in [0.717, 1.165) is 22.3 Å². The molecule has 0 fully saturated rings.